The summed E-state index contributed by atoms with van der Waals surface area (Å²) in [5, 5.41) is 12.8. The molecule has 0 bridgehead atoms. The number of aromatic carboxylic acids is 1. The Morgan fingerprint density at radius 1 is 1.23 bits per heavy atom. The molecule has 124 valence electrons. The maximum Gasteiger partial charge on any atom is 0.337 e. The third kappa shape index (κ3) is 4.29. The van der Waals surface area contributed by atoms with E-state index in [0.717, 1.165) is 38.2 Å². The van der Waals surface area contributed by atoms with Crippen LogP contribution in [-0.4, -0.2) is 37.3 Å². The molecule has 5 heteroatoms. The first kappa shape index (κ1) is 18.1. The van der Waals surface area contributed by atoms with Crippen LogP contribution in [-0.2, 0) is 0 Å². The van der Waals surface area contributed by atoms with Crippen LogP contribution in [0, 0.1) is 0 Å². The standard InChI is InChI=1S/C17H28N2O3/c1-5-9-12-22-16-14(18-6-2)11-10-13(17(20)21)15(16)19(7-3)8-4/h10-11,18H,5-9,12H2,1-4H3,(H,20,21). The van der Waals surface area contributed by atoms with Gasteiger partial charge < -0.3 is 20.1 Å². The predicted octanol–water partition coefficient (Wildman–Crippen LogP) is 3.84. The predicted molar refractivity (Wildman–Crippen MR) is 91.5 cm³/mol. The highest BCUT2D eigenvalue weighted by Gasteiger charge is 2.22. The molecule has 0 atom stereocenters. The van der Waals surface area contributed by atoms with Crippen LogP contribution >= 0.6 is 0 Å². The summed E-state index contributed by atoms with van der Waals surface area (Å²) in [4.78, 5) is 13.6. The lowest BCUT2D eigenvalue weighted by molar-refractivity contribution is 0.0697. The van der Waals surface area contributed by atoms with Crippen LogP contribution in [0.5, 0.6) is 5.75 Å². The van der Waals surface area contributed by atoms with Crippen molar-refractivity contribution in [3.8, 4) is 5.75 Å². The first-order valence-corrected chi connectivity index (χ1v) is 8.12. The van der Waals surface area contributed by atoms with Crippen LogP contribution in [0.1, 0.15) is 50.9 Å². The summed E-state index contributed by atoms with van der Waals surface area (Å²) in [6, 6.07) is 3.45. The van der Waals surface area contributed by atoms with Crippen molar-refractivity contribution in [1.29, 1.82) is 0 Å². The van der Waals surface area contributed by atoms with Gasteiger partial charge in [-0.15, -0.1) is 0 Å². The minimum absolute atomic E-state index is 0.289. The van der Waals surface area contributed by atoms with Gasteiger partial charge in [0, 0.05) is 19.6 Å². The SMILES string of the molecule is CCCCOc1c(NCC)ccc(C(=O)O)c1N(CC)CC. The fraction of sp³-hybridized carbons (Fsp3) is 0.588. The quantitative estimate of drug-likeness (QED) is 0.643. The van der Waals surface area contributed by atoms with Crippen molar-refractivity contribution in [3.05, 3.63) is 17.7 Å². The molecule has 1 aromatic carbocycles. The van der Waals surface area contributed by atoms with E-state index in [1.54, 1.807) is 12.1 Å². The van der Waals surface area contributed by atoms with Crippen LogP contribution in [0.15, 0.2) is 12.1 Å². The lowest BCUT2D eigenvalue weighted by Crippen LogP contribution is -2.25. The van der Waals surface area contributed by atoms with Crippen molar-refractivity contribution in [1.82, 2.24) is 0 Å². The number of hydrogen-bond donors (Lipinski definition) is 2. The zero-order chi connectivity index (χ0) is 16.5. The Bertz CT molecular complexity index is 485. The molecule has 0 spiro atoms. The number of anilines is 2. The van der Waals surface area contributed by atoms with E-state index >= 15 is 0 Å². The van der Waals surface area contributed by atoms with Gasteiger partial charge in [-0.25, -0.2) is 4.79 Å². The maximum atomic E-state index is 11.6. The Morgan fingerprint density at radius 2 is 1.91 bits per heavy atom. The van der Waals surface area contributed by atoms with Crippen LogP contribution in [0.25, 0.3) is 0 Å². The summed E-state index contributed by atoms with van der Waals surface area (Å²) < 4.78 is 5.97. The number of ether oxygens (including phenoxy) is 1. The van der Waals surface area contributed by atoms with Gasteiger partial charge in [0.2, 0.25) is 0 Å². The Balaban J connectivity index is 3.39. The zero-order valence-corrected chi connectivity index (χ0v) is 14.1. The molecule has 0 unspecified atom stereocenters. The number of carboxylic acid groups (broad SMARTS) is 1. The van der Waals surface area contributed by atoms with E-state index in [4.69, 9.17) is 4.74 Å². The third-order valence-corrected chi connectivity index (χ3v) is 3.55. The molecular formula is C17H28N2O3. The van der Waals surface area contributed by atoms with Crippen molar-refractivity contribution in [2.24, 2.45) is 0 Å². The molecule has 0 fully saturated rings. The molecule has 0 amide bonds. The number of rotatable bonds is 10. The number of benzene rings is 1. The minimum Gasteiger partial charge on any atom is -0.489 e. The Hall–Kier alpha value is -1.91. The second-order valence-electron chi connectivity index (χ2n) is 5.05. The van der Waals surface area contributed by atoms with Gasteiger partial charge in [0.15, 0.2) is 5.75 Å². The molecule has 0 aliphatic rings. The van der Waals surface area contributed by atoms with Crippen molar-refractivity contribution in [2.45, 2.75) is 40.5 Å². The molecule has 0 aliphatic carbocycles. The topological polar surface area (TPSA) is 61.8 Å². The van der Waals surface area contributed by atoms with Gasteiger partial charge in [-0.1, -0.05) is 13.3 Å². The Morgan fingerprint density at radius 3 is 2.41 bits per heavy atom. The third-order valence-electron chi connectivity index (χ3n) is 3.55. The molecule has 0 radical (unpaired) electrons. The van der Waals surface area contributed by atoms with Gasteiger partial charge in [-0.05, 0) is 39.3 Å². The van der Waals surface area contributed by atoms with Crippen LogP contribution in [0.3, 0.4) is 0 Å². The van der Waals surface area contributed by atoms with Crippen LogP contribution < -0.4 is 15.0 Å². The Labute approximate surface area is 133 Å². The zero-order valence-electron chi connectivity index (χ0n) is 14.1. The number of carboxylic acids is 1. The second kappa shape index (κ2) is 9.18. The van der Waals surface area contributed by atoms with E-state index in [1.807, 2.05) is 25.7 Å². The molecule has 0 saturated carbocycles. The lowest BCUT2D eigenvalue weighted by atomic mass is 10.1. The van der Waals surface area contributed by atoms with Crippen molar-refractivity contribution in [3.63, 3.8) is 0 Å². The summed E-state index contributed by atoms with van der Waals surface area (Å²) in [5.74, 6) is -0.274. The highest BCUT2D eigenvalue weighted by atomic mass is 16.5. The monoisotopic (exact) mass is 308 g/mol. The second-order valence-corrected chi connectivity index (χ2v) is 5.05. The molecular weight excluding hydrogens is 280 g/mol. The largest absolute Gasteiger partial charge is 0.489 e. The first-order chi connectivity index (χ1) is 10.6. The Kier molecular flexibility index (Phi) is 7.57. The molecule has 1 aromatic rings. The fourth-order valence-corrected chi connectivity index (χ4v) is 2.39. The van der Waals surface area contributed by atoms with Gasteiger partial charge in [0.25, 0.3) is 0 Å². The first-order valence-electron chi connectivity index (χ1n) is 8.12. The summed E-state index contributed by atoms with van der Waals surface area (Å²) in [5.41, 5.74) is 1.81. The highest BCUT2D eigenvalue weighted by Crippen LogP contribution is 2.39. The number of nitrogens with one attached hydrogen (secondary N) is 1. The van der Waals surface area contributed by atoms with E-state index < -0.39 is 5.97 Å². The fourth-order valence-electron chi connectivity index (χ4n) is 2.39. The van der Waals surface area contributed by atoms with E-state index in [1.165, 1.54) is 0 Å². The van der Waals surface area contributed by atoms with Crippen molar-refractivity contribution in [2.75, 3.05) is 36.5 Å². The molecule has 0 aromatic heterocycles. The van der Waals surface area contributed by atoms with Crippen LogP contribution in [0.4, 0.5) is 11.4 Å². The van der Waals surface area contributed by atoms with E-state index in [2.05, 4.69) is 12.2 Å². The average molecular weight is 308 g/mol. The number of hydrogen-bond acceptors (Lipinski definition) is 4. The van der Waals surface area contributed by atoms with Crippen LogP contribution in [0.2, 0.25) is 0 Å². The normalized spacial score (nSPS) is 10.4. The van der Waals surface area contributed by atoms with Crippen molar-refractivity contribution < 1.29 is 14.6 Å². The number of carbonyl (C=O) groups is 1. The molecule has 0 saturated heterocycles. The summed E-state index contributed by atoms with van der Waals surface area (Å²) in [7, 11) is 0. The smallest absolute Gasteiger partial charge is 0.337 e. The molecule has 1 rings (SSSR count). The molecule has 22 heavy (non-hydrogen) atoms. The molecule has 0 heterocycles. The lowest BCUT2D eigenvalue weighted by Gasteiger charge is -2.27. The van der Waals surface area contributed by atoms with E-state index in [-0.39, 0.29) is 5.56 Å². The summed E-state index contributed by atoms with van der Waals surface area (Å²) in [6.07, 6.45) is 1.98. The number of nitrogens with zero attached hydrogens (tertiary/aromatic N) is 1. The maximum absolute atomic E-state index is 11.6. The average Bonchev–Trinajstić information content (AvgIpc) is 2.50. The molecule has 2 N–H and O–H groups in total. The highest BCUT2D eigenvalue weighted by molar-refractivity contribution is 5.98. The summed E-state index contributed by atoms with van der Waals surface area (Å²) >= 11 is 0. The van der Waals surface area contributed by atoms with Gasteiger partial charge in [-0.3, -0.25) is 0 Å². The van der Waals surface area contributed by atoms with Gasteiger partial charge in [0.05, 0.1) is 23.5 Å². The molecule has 0 aliphatic heterocycles. The minimum atomic E-state index is -0.926. The van der Waals surface area contributed by atoms with E-state index in [0.29, 0.717) is 18.0 Å². The number of unbranched alkanes of at least 4 members (excludes halogenated alkanes) is 1. The van der Waals surface area contributed by atoms with E-state index in [9.17, 15) is 9.90 Å². The van der Waals surface area contributed by atoms with Gasteiger partial charge in [-0.2, -0.15) is 0 Å². The van der Waals surface area contributed by atoms with Gasteiger partial charge >= 0.3 is 5.97 Å². The molecule has 5 nitrogen and oxygen atoms in total. The van der Waals surface area contributed by atoms with Gasteiger partial charge in [0.1, 0.15) is 0 Å². The summed E-state index contributed by atoms with van der Waals surface area (Å²) in [6.45, 7) is 11.0. The van der Waals surface area contributed by atoms with Crippen molar-refractivity contribution >= 4 is 17.3 Å².